The van der Waals surface area contributed by atoms with Gasteiger partial charge < -0.3 is 0 Å². The van der Waals surface area contributed by atoms with E-state index in [-0.39, 0.29) is 5.41 Å². The summed E-state index contributed by atoms with van der Waals surface area (Å²) in [5, 5.41) is 0. The summed E-state index contributed by atoms with van der Waals surface area (Å²) >= 11 is 0. The molecule has 0 saturated heterocycles. The molecule has 0 aromatic carbocycles. The van der Waals surface area contributed by atoms with Crippen LogP contribution in [0.15, 0.2) is 4.76 Å². The van der Waals surface area contributed by atoms with Crippen LogP contribution in [0.3, 0.4) is 0 Å². The zero-order valence-corrected chi connectivity index (χ0v) is 6.26. The summed E-state index contributed by atoms with van der Waals surface area (Å²) in [6, 6.07) is 0. The molecular weight excluding hydrogens is 105 g/mol. The van der Waals surface area contributed by atoms with Crippen molar-refractivity contribution in [2.45, 2.75) is 20.8 Å². The summed E-state index contributed by atoms with van der Waals surface area (Å²) < 4.78 is 3.80. The summed E-state index contributed by atoms with van der Waals surface area (Å²) in [5.41, 5.74) is 0.238. The smallest absolute Gasteiger partial charge is 0.00781 e. The van der Waals surface area contributed by atoms with Gasteiger partial charge >= 0.3 is 0 Å². The Bertz CT molecular complexity index is 70.6. The molecule has 1 nitrogen and oxygen atoms in total. The van der Waals surface area contributed by atoms with Crippen LogP contribution in [0.2, 0.25) is 0 Å². The highest BCUT2D eigenvalue weighted by molar-refractivity contribution is 7.14. The van der Waals surface area contributed by atoms with E-state index in [0.717, 1.165) is 0 Å². The van der Waals surface area contributed by atoms with E-state index in [1.54, 1.807) is 0 Å². The molecule has 0 amide bonds. The van der Waals surface area contributed by atoms with Crippen molar-refractivity contribution in [3.8, 4) is 0 Å². The van der Waals surface area contributed by atoms with Gasteiger partial charge in [-0.3, -0.25) is 4.76 Å². The zero-order valence-electron chi connectivity index (χ0n) is 5.10. The molecule has 0 aromatic rings. The third-order valence-corrected chi connectivity index (χ3v) is 0.611. The largest absolute Gasteiger partial charge is 0.280 e. The van der Waals surface area contributed by atoms with Crippen LogP contribution in [0.4, 0.5) is 0 Å². The fourth-order valence-corrected chi connectivity index (χ4v) is 0.671. The van der Waals surface area contributed by atoms with Crippen LogP contribution < -0.4 is 0 Å². The molecule has 0 aliphatic rings. The van der Waals surface area contributed by atoms with Gasteiger partial charge in [-0.25, -0.2) is 0 Å². The van der Waals surface area contributed by atoms with Gasteiger partial charge in [-0.1, -0.05) is 20.8 Å². The second-order valence-electron chi connectivity index (χ2n) is 2.64. The normalized spacial score (nSPS) is 13.1. The molecule has 0 aliphatic carbocycles. The molecule has 1 unspecified atom stereocenters. The predicted octanol–water partition coefficient (Wildman–Crippen LogP) is 1.89. The maximum absolute atomic E-state index is 3.80. The number of hydrogen-bond donors (Lipinski definition) is 0. The van der Waals surface area contributed by atoms with Crippen molar-refractivity contribution in [3.63, 3.8) is 0 Å². The van der Waals surface area contributed by atoms with Crippen LogP contribution in [0.25, 0.3) is 0 Å². The van der Waals surface area contributed by atoms with Crippen molar-refractivity contribution in [3.05, 3.63) is 0 Å². The van der Waals surface area contributed by atoms with Crippen molar-refractivity contribution < 1.29 is 0 Å². The number of hydrogen-bond acceptors (Lipinski definition) is 1. The summed E-state index contributed by atoms with van der Waals surface area (Å²) in [6.07, 6.45) is 1.90. The van der Waals surface area contributed by atoms with Gasteiger partial charge in [-0.2, -0.15) is 0 Å². The molecule has 2 heteroatoms. The maximum atomic E-state index is 3.80. The third-order valence-electron chi connectivity index (χ3n) is 0.462. The Balaban J connectivity index is 3.56. The van der Waals surface area contributed by atoms with Gasteiger partial charge in [0.25, 0.3) is 0 Å². The molecule has 0 saturated carbocycles. The van der Waals surface area contributed by atoms with E-state index in [1.807, 2.05) is 6.21 Å². The summed E-state index contributed by atoms with van der Waals surface area (Å²) in [7, 11) is 2.31. The first-order chi connectivity index (χ1) is 3.06. The molecule has 0 spiro atoms. The van der Waals surface area contributed by atoms with Crippen LogP contribution in [-0.2, 0) is 0 Å². The zero-order chi connectivity index (χ0) is 5.91. The first kappa shape index (κ1) is 7.10. The predicted molar refractivity (Wildman–Crippen MR) is 37.7 cm³/mol. The van der Waals surface area contributed by atoms with Crippen molar-refractivity contribution in [1.29, 1.82) is 0 Å². The second-order valence-corrected chi connectivity index (χ2v) is 2.94. The molecule has 0 radical (unpaired) electrons. The molecule has 0 heterocycles. The van der Waals surface area contributed by atoms with Gasteiger partial charge in [0, 0.05) is 6.21 Å². The Morgan fingerprint density at radius 1 is 1.43 bits per heavy atom. The van der Waals surface area contributed by atoms with Crippen LogP contribution in [0.1, 0.15) is 20.8 Å². The molecule has 0 N–H and O–H groups in total. The van der Waals surface area contributed by atoms with Crippen LogP contribution >= 0.6 is 9.39 Å². The monoisotopic (exact) mass is 117 g/mol. The fraction of sp³-hybridized carbons (Fsp3) is 0.800. The van der Waals surface area contributed by atoms with Gasteiger partial charge in [0.1, 0.15) is 0 Å². The Hall–Kier alpha value is 0.100. The van der Waals surface area contributed by atoms with E-state index in [4.69, 9.17) is 0 Å². The van der Waals surface area contributed by atoms with E-state index in [1.165, 1.54) is 0 Å². The average molecular weight is 117 g/mol. The molecule has 0 rings (SSSR count). The maximum Gasteiger partial charge on any atom is 0.00781 e. The standard InChI is InChI=1S/C5H12NP/c1-5(2,3)4-6-7/h4H,7H2,1-3H3. The minimum absolute atomic E-state index is 0.238. The Morgan fingerprint density at radius 3 is 1.86 bits per heavy atom. The van der Waals surface area contributed by atoms with Crippen molar-refractivity contribution >= 4 is 15.6 Å². The molecule has 1 atom stereocenters. The Kier molecular flexibility index (Phi) is 2.45. The van der Waals surface area contributed by atoms with Gasteiger partial charge in [-0.15, -0.1) is 0 Å². The summed E-state index contributed by atoms with van der Waals surface area (Å²) in [5.74, 6) is 0. The van der Waals surface area contributed by atoms with E-state index in [0.29, 0.717) is 0 Å². The lowest BCUT2D eigenvalue weighted by Gasteiger charge is -2.07. The van der Waals surface area contributed by atoms with Crippen LogP contribution in [0, 0.1) is 5.41 Å². The van der Waals surface area contributed by atoms with E-state index >= 15 is 0 Å². The van der Waals surface area contributed by atoms with E-state index in [9.17, 15) is 0 Å². The van der Waals surface area contributed by atoms with Gasteiger partial charge in [0.05, 0.1) is 0 Å². The summed E-state index contributed by atoms with van der Waals surface area (Å²) in [6.45, 7) is 6.34. The average Bonchev–Trinajstić information content (AvgIpc) is 1.30. The minimum Gasteiger partial charge on any atom is -0.280 e. The second kappa shape index (κ2) is 2.42. The molecule has 0 aliphatic heterocycles. The lowest BCUT2D eigenvalue weighted by atomic mass is 10.00. The Labute approximate surface area is 47.5 Å². The fourth-order valence-electron chi connectivity index (χ4n) is 0.224. The third kappa shape index (κ3) is 6.10. The molecule has 0 fully saturated rings. The molecular formula is C5H12NP. The topological polar surface area (TPSA) is 12.4 Å². The van der Waals surface area contributed by atoms with E-state index in [2.05, 4.69) is 34.9 Å². The first-order valence-electron chi connectivity index (χ1n) is 2.31. The molecule has 0 bridgehead atoms. The van der Waals surface area contributed by atoms with Crippen LogP contribution in [-0.4, -0.2) is 6.21 Å². The molecule has 42 valence electrons. The number of nitrogens with zero attached hydrogens (tertiary/aromatic N) is 1. The van der Waals surface area contributed by atoms with Crippen molar-refractivity contribution in [1.82, 2.24) is 0 Å². The molecule has 7 heavy (non-hydrogen) atoms. The highest BCUT2D eigenvalue weighted by Crippen LogP contribution is 2.08. The van der Waals surface area contributed by atoms with Gasteiger partial charge in [0.2, 0.25) is 0 Å². The van der Waals surface area contributed by atoms with E-state index < -0.39 is 0 Å². The quantitative estimate of drug-likeness (QED) is 0.339. The minimum atomic E-state index is 0.238. The Morgan fingerprint density at radius 2 is 1.86 bits per heavy atom. The van der Waals surface area contributed by atoms with Crippen molar-refractivity contribution in [2.75, 3.05) is 0 Å². The number of rotatable bonds is 0. The highest BCUT2D eigenvalue weighted by atomic mass is 31.0. The van der Waals surface area contributed by atoms with Crippen LogP contribution in [0.5, 0.6) is 0 Å². The van der Waals surface area contributed by atoms with Crippen molar-refractivity contribution in [2.24, 2.45) is 10.2 Å². The van der Waals surface area contributed by atoms with Gasteiger partial charge in [-0.05, 0) is 14.8 Å². The highest BCUT2D eigenvalue weighted by Gasteiger charge is 2.02. The lowest BCUT2D eigenvalue weighted by molar-refractivity contribution is 0.608. The molecule has 0 aromatic heterocycles. The SMILES string of the molecule is CC(C)(C)C=NP. The first-order valence-corrected chi connectivity index (χ1v) is 2.82. The van der Waals surface area contributed by atoms with Gasteiger partial charge in [0.15, 0.2) is 0 Å². The summed E-state index contributed by atoms with van der Waals surface area (Å²) in [4.78, 5) is 0. The lowest BCUT2D eigenvalue weighted by Crippen LogP contribution is -2.04.